The molecule has 6 aromatic carbocycles. The van der Waals surface area contributed by atoms with E-state index in [9.17, 15) is 10.2 Å². The Bertz CT molecular complexity index is 2110. The smallest absolute Gasteiger partial charge is 0.128 e. The number of hydrogen-bond donors (Lipinski definition) is 2. The number of benzene rings is 6. The molecule has 0 saturated heterocycles. The number of aromatic nitrogens is 2. The Hall–Kier alpha value is -4.16. The van der Waals surface area contributed by atoms with Gasteiger partial charge in [0.2, 0.25) is 0 Å². The molecule has 2 heterocycles. The summed E-state index contributed by atoms with van der Waals surface area (Å²) in [6.45, 7) is 4.12. The van der Waals surface area contributed by atoms with Gasteiger partial charge in [-0.1, -0.05) is 60.7 Å². The second kappa shape index (κ2) is 11.8. The van der Waals surface area contributed by atoms with Gasteiger partial charge in [-0.3, -0.25) is 0 Å². The molecule has 0 aliphatic heterocycles. The number of aryl methyl sites for hydroxylation is 2. The summed E-state index contributed by atoms with van der Waals surface area (Å²) in [5.74, 6) is 0.564. The van der Waals surface area contributed by atoms with Crippen molar-refractivity contribution in [3.8, 4) is 32.6 Å². The molecule has 8 rings (SSSR count). The fourth-order valence-electron chi connectivity index (χ4n) is 5.10. The maximum absolute atomic E-state index is 10.3. The van der Waals surface area contributed by atoms with Crippen LogP contribution in [0.1, 0.15) is 11.1 Å². The summed E-state index contributed by atoms with van der Waals surface area (Å²) in [5, 5.41) is 26.6. The average Bonchev–Trinajstić information content (AvgIpc) is 3.60. The first-order valence-electron chi connectivity index (χ1n) is 13.6. The van der Waals surface area contributed by atoms with E-state index >= 15 is 0 Å². The molecule has 43 heavy (non-hydrogen) atoms. The predicted octanol–water partition coefficient (Wildman–Crippen LogP) is 10.3. The number of fused-ring (bicyclic) bond motifs is 4. The molecule has 0 bridgehead atoms. The van der Waals surface area contributed by atoms with Gasteiger partial charge in [0, 0.05) is 19.5 Å². The van der Waals surface area contributed by atoms with Gasteiger partial charge in [0.25, 0.3) is 0 Å². The number of nitrogens with zero attached hydrogens (tertiary/aromatic N) is 2. The zero-order chi connectivity index (χ0) is 28.8. The van der Waals surface area contributed by atoms with Gasteiger partial charge in [-0.05, 0) is 95.1 Å². The van der Waals surface area contributed by atoms with Gasteiger partial charge in [-0.15, -0.1) is 22.7 Å². The van der Waals surface area contributed by atoms with Gasteiger partial charge in [-0.2, -0.15) is 0 Å². The van der Waals surface area contributed by atoms with E-state index in [1.807, 2.05) is 60.7 Å². The van der Waals surface area contributed by atoms with E-state index in [1.54, 1.807) is 22.7 Å². The van der Waals surface area contributed by atoms with Crippen LogP contribution in [-0.4, -0.2) is 20.2 Å². The van der Waals surface area contributed by atoms with Crippen LogP contribution in [0, 0.1) is 13.8 Å². The minimum Gasteiger partial charge on any atom is -0.507 e. The van der Waals surface area contributed by atoms with E-state index in [0.29, 0.717) is 0 Å². The third kappa shape index (κ3) is 5.76. The summed E-state index contributed by atoms with van der Waals surface area (Å²) in [6.07, 6.45) is 0. The Morgan fingerprint density at radius 1 is 0.488 bits per heavy atom. The molecule has 4 nitrogen and oxygen atoms in total. The van der Waals surface area contributed by atoms with E-state index in [4.69, 9.17) is 0 Å². The zero-order valence-electron chi connectivity index (χ0n) is 23.7. The molecule has 206 valence electrons. The van der Waals surface area contributed by atoms with Crippen molar-refractivity contribution in [3.63, 3.8) is 0 Å². The predicted molar refractivity (Wildman–Crippen MR) is 178 cm³/mol. The van der Waals surface area contributed by atoms with E-state index < -0.39 is 0 Å². The van der Waals surface area contributed by atoms with E-state index in [-0.39, 0.29) is 31.0 Å². The molecule has 2 aromatic heterocycles. The first-order valence-corrected chi connectivity index (χ1v) is 15.2. The molecule has 2 N–H and O–H groups in total. The van der Waals surface area contributed by atoms with Gasteiger partial charge in [0.05, 0.1) is 31.6 Å². The summed E-state index contributed by atoms with van der Waals surface area (Å²) in [5.41, 5.74) is 5.97. The summed E-state index contributed by atoms with van der Waals surface area (Å²) in [7, 11) is 0. The minimum atomic E-state index is 0. The van der Waals surface area contributed by atoms with Crippen molar-refractivity contribution in [2.45, 2.75) is 13.8 Å². The molecule has 0 radical (unpaired) electrons. The van der Waals surface area contributed by atoms with Crippen molar-refractivity contribution in [1.29, 1.82) is 0 Å². The molecule has 7 heteroatoms. The number of phenolic OH excluding ortho intramolecular Hbond substituents is 2. The normalized spacial score (nSPS) is 11.0. The number of hydrogen-bond acceptors (Lipinski definition) is 6. The summed E-state index contributed by atoms with van der Waals surface area (Å²) in [6, 6.07) is 36.2. The van der Waals surface area contributed by atoms with Crippen LogP contribution in [-0.2, 0) is 19.5 Å². The average molecular weight is 648 g/mol. The van der Waals surface area contributed by atoms with Crippen LogP contribution in [0.4, 0.5) is 0 Å². The van der Waals surface area contributed by atoms with E-state index in [0.717, 1.165) is 63.1 Å². The Labute approximate surface area is 269 Å². The van der Waals surface area contributed by atoms with Crippen LogP contribution < -0.4 is 0 Å². The topological polar surface area (TPSA) is 66.2 Å². The van der Waals surface area contributed by atoms with Crippen LogP contribution >= 0.6 is 22.7 Å². The maximum Gasteiger partial charge on any atom is 0.128 e. The summed E-state index contributed by atoms with van der Waals surface area (Å²) in [4.78, 5) is 9.34. The van der Waals surface area contributed by atoms with Crippen molar-refractivity contribution in [3.05, 3.63) is 120 Å². The van der Waals surface area contributed by atoms with Crippen LogP contribution in [0.5, 0.6) is 11.5 Å². The SMILES string of the molecule is Cc1ccc2sc(-c3cc4ccccc4cc3O)nc2c1.Cc1ccc2sc(-c3cc4ccccc4cc3O)nc2c1.[Zn]. The molecule has 0 saturated carbocycles. The molecule has 0 amide bonds. The molecule has 0 atom stereocenters. The van der Waals surface area contributed by atoms with Gasteiger partial charge in [-0.25, -0.2) is 9.97 Å². The molecular weight excluding hydrogens is 622 g/mol. The van der Waals surface area contributed by atoms with Gasteiger partial charge >= 0.3 is 0 Å². The Morgan fingerprint density at radius 2 is 0.860 bits per heavy atom. The van der Waals surface area contributed by atoms with Crippen molar-refractivity contribution >= 4 is 64.7 Å². The molecule has 0 aliphatic carbocycles. The van der Waals surface area contributed by atoms with Gasteiger partial charge < -0.3 is 10.2 Å². The third-order valence-electron chi connectivity index (χ3n) is 7.28. The fraction of sp³-hybridized carbons (Fsp3) is 0.0556. The van der Waals surface area contributed by atoms with Crippen molar-refractivity contribution in [2.75, 3.05) is 0 Å². The molecule has 0 unspecified atom stereocenters. The largest absolute Gasteiger partial charge is 0.507 e. The third-order valence-corrected chi connectivity index (χ3v) is 9.41. The summed E-state index contributed by atoms with van der Waals surface area (Å²) < 4.78 is 2.28. The monoisotopic (exact) mass is 646 g/mol. The van der Waals surface area contributed by atoms with Gasteiger partial charge in [0.15, 0.2) is 0 Å². The maximum atomic E-state index is 10.3. The van der Waals surface area contributed by atoms with Gasteiger partial charge in [0.1, 0.15) is 21.5 Å². The van der Waals surface area contributed by atoms with E-state index in [1.165, 1.54) is 11.1 Å². The minimum absolute atomic E-state index is 0. The first kappa shape index (κ1) is 28.9. The number of aromatic hydroxyl groups is 2. The number of thiazole rings is 2. The second-order valence-corrected chi connectivity index (χ2v) is 12.5. The Kier molecular flexibility index (Phi) is 7.97. The van der Waals surface area contributed by atoms with Crippen LogP contribution in [0.15, 0.2) is 109 Å². The van der Waals surface area contributed by atoms with Crippen molar-refractivity contribution < 1.29 is 29.7 Å². The summed E-state index contributed by atoms with van der Waals surface area (Å²) >= 11 is 3.22. The molecule has 0 spiro atoms. The van der Waals surface area contributed by atoms with Crippen LogP contribution in [0.3, 0.4) is 0 Å². The molecule has 8 aromatic rings. The number of rotatable bonds is 2. The van der Waals surface area contributed by atoms with Crippen molar-refractivity contribution in [1.82, 2.24) is 9.97 Å². The molecular formula is C36H26N2O2S2Zn. The quantitative estimate of drug-likeness (QED) is 0.183. The zero-order valence-corrected chi connectivity index (χ0v) is 28.3. The fourth-order valence-corrected chi connectivity index (χ4v) is 7.05. The van der Waals surface area contributed by atoms with Crippen molar-refractivity contribution in [2.24, 2.45) is 0 Å². The molecule has 0 aliphatic rings. The van der Waals surface area contributed by atoms with Crippen LogP contribution in [0.25, 0.3) is 63.1 Å². The molecule has 0 fully saturated rings. The number of phenols is 2. The van der Waals surface area contributed by atoms with E-state index in [2.05, 4.69) is 72.3 Å². The second-order valence-electron chi connectivity index (χ2n) is 10.4. The first-order chi connectivity index (χ1) is 20.4. The standard InChI is InChI=1S/2C18H13NOS.Zn/c2*1-11-6-7-17-15(8-11)19-18(21-17)14-9-12-4-2-3-5-13(12)10-16(14)20;/h2*2-10,20H,1H3;. The Morgan fingerprint density at radius 3 is 1.26 bits per heavy atom. The van der Waals surface area contributed by atoms with Crippen LogP contribution in [0.2, 0.25) is 0 Å². The Balaban J connectivity index is 0.000000150.